The number of nitrogens with zero attached hydrogens (tertiary/aromatic N) is 2. The molecule has 0 radical (unpaired) electrons. The first-order chi connectivity index (χ1) is 12.6. The zero-order valence-electron chi connectivity index (χ0n) is 15.3. The summed E-state index contributed by atoms with van der Waals surface area (Å²) in [5.74, 6) is 0.946. The van der Waals surface area contributed by atoms with E-state index < -0.39 is 0 Å². The normalized spacial score (nSPS) is 18.5. The molecule has 5 nitrogen and oxygen atoms in total. The van der Waals surface area contributed by atoms with Gasteiger partial charge in [-0.2, -0.15) is 0 Å². The molecule has 0 unspecified atom stereocenters. The molecular formula is C21H24N2O3. The Hall–Kier alpha value is -2.40. The van der Waals surface area contributed by atoms with Crippen molar-refractivity contribution in [3.05, 3.63) is 58.9 Å². The minimum absolute atomic E-state index is 0.0572. The molecule has 4 rings (SSSR count). The maximum Gasteiger partial charge on any atom is 0.255 e. The van der Waals surface area contributed by atoms with Crippen LogP contribution in [-0.4, -0.2) is 42.6 Å². The molecule has 1 amide bonds. The molecule has 0 saturated carbocycles. The zero-order valence-corrected chi connectivity index (χ0v) is 15.3. The van der Waals surface area contributed by atoms with E-state index in [0.717, 1.165) is 37.2 Å². The van der Waals surface area contributed by atoms with Crippen LogP contribution in [0.4, 0.5) is 0 Å². The predicted octanol–water partition coefficient (Wildman–Crippen LogP) is 3.10. The predicted molar refractivity (Wildman–Crippen MR) is 98.4 cm³/mol. The number of aromatic nitrogens is 1. The number of fused-ring (bicyclic) bond motifs is 2. The molecule has 1 spiro atoms. The summed E-state index contributed by atoms with van der Waals surface area (Å²) >= 11 is 0. The fourth-order valence-electron chi connectivity index (χ4n) is 4.12. The molecule has 3 heterocycles. The number of piperidine rings is 1. The first-order valence-corrected chi connectivity index (χ1v) is 9.14. The Bertz CT molecular complexity index is 826. The van der Waals surface area contributed by atoms with Gasteiger partial charge in [0.05, 0.1) is 24.9 Å². The van der Waals surface area contributed by atoms with Gasteiger partial charge in [0.1, 0.15) is 5.75 Å². The lowest BCUT2D eigenvalue weighted by Crippen LogP contribution is -2.48. The lowest BCUT2D eigenvalue weighted by atomic mass is 9.79. The number of carbonyl (C=O) groups is 1. The minimum Gasteiger partial charge on any atom is -0.497 e. The first kappa shape index (κ1) is 17.0. The Balaban J connectivity index is 1.53. The van der Waals surface area contributed by atoms with E-state index in [4.69, 9.17) is 9.47 Å². The van der Waals surface area contributed by atoms with Gasteiger partial charge in [0, 0.05) is 25.5 Å². The molecular weight excluding hydrogens is 328 g/mol. The lowest BCUT2D eigenvalue weighted by molar-refractivity contribution is -0.0935. The Morgan fingerprint density at radius 1 is 1.23 bits per heavy atom. The van der Waals surface area contributed by atoms with Crippen molar-refractivity contribution < 1.29 is 14.3 Å². The highest BCUT2D eigenvalue weighted by Gasteiger charge is 2.41. The number of amides is 1. The quantitative estimate of drug-likeness (QED) is 0.833. The van der Waals surface area contributed by atoms with Gasteiger partial charge in [0.15, 0.2) is 0 Å². The first-order valence-electron chi connectivity index (χ1n) is 9.14. The van der Waals surface area contributed by atoms with Crippen molar-refractivity contribution in [2.24, 2.45) is 0 Å². The average Bonchev–Trinajstić information content (AvgIpc) is 2.68. The molecule has 136 valence electrons. The van der Waals surface area contributed by atoms with Crippen LogP contribution in [-0.2, 0) is 16.8 Å². The smallest absolute Gasteiger partial charge is 0.255 e. The molecule has 0 aliphatic carbocycles. The summed E-state index contributed by atoms with van der Waals surface area (Å²) < 4.78 is 11.6. The molecule has 1 aromatic heterocycles. The number of hydrogen-bond donors (Lipinski definition) is 0. The summed E-state index contributed by atoms with van der Waals surface area (Å²) in [6.07, 6.45) is 5.96. The van der Waals surface area contributed by atoms with Crippen molar-refractivity contribution in [2.45, 2.75) is 31.8 Å². The van der Waals surface area contributed by atoms with Gasteiger partial charge in [0.25, 0.3) is 5.91 Å². The second-order valence-electron chi connectivity index (χ2n) is 7.16. The fourth-order valence-corrected chi connectivity index (χ4v) is 4.12. The van der Waals surface area contributed by atoms with Crippen LogP contribution in [0.1, 0.15) is 39.9 Å². The van der Waals surface area contributed by atoms with Crippen LogP contribution >= 0.6 is 0 Å². The molecule has 0 atom stereocenters. The summed E-state index contributed by atoms with van der Waals surface area (Å²) in [7, 11) is 1.70. The number of ether oxygens (including phenoxy) is 2. The van der Waals surface area contributed by atoms with Gasteiger partial charge in [-0.15, -0.1) is 0 Å². The number of rotatable bonds is 2. The van der Waals surface area contributed by atoms with Gasteiger partial charge in [-0.3, -0.25) is 9.78 Å². The van der Waals surface area contributed by atoms with Gasteiger partial charge in [-0.05, 0) is 61.1 Å². The highest BCUT2D eigenvalue weighted by atomic mass is 16.5. The van der Waals surface area contributed by atoms with E-state index >= 15 is 0 Å². The van der Waals surface area contributed by atoms with Crippen LogP contribution in [0.25, 0.3) is 0 Å². The molecule has 2 aromatic rings. The van der Waals surface area contributed by atoms with Gasteiger partial charge >= 0.3 is 0 Å². The van der Waals surface area contributed by atoms with Crippen molar-refractivity contribution >= 4 is 5.91 Å². The van der Waals surface area contributed by atoms with Gasteiger partial charge < -0.3 is 14.4 Å². The third-order valence-electron chi connectivity index (χ3n) is 5.53. The number of aryl methyl sites for hydroxylation is 1. The van der Waals surface area contributed by atoms with Gasteiger partial charge in [-0.25, -0.2) is 0 Å². The third kappa shape index (κ3) is 2.97. The third-order valence-corrected chi connectivity index (χ3v) is 5.53. The summed E-state index contributed by atoms with van der Waals surface area (Å²) in [6.45, 7) is 4.06. The molecule has 2 aliphatic heterocycles. The summed E-state index contributed by atoms with van der Waals surface area (Å²) in [6, 6.07) is 8.16. The highest BCUT2D eigenvalue weighted by molar-refractivity contribution is 5.94. The molecule has 0 N–H and O–H groups in total. The van der Waals surface area contributed by atoms with Crippen LogP contribution in [0.5, 0.6) is 5.75 Å². The second-order valence-corrected chi connectivity index (χ2v) is 7.16. The average molecular weight is 352 g/mol. The Morgan fingerprint density at radius 2 is 2.04 bits per heavy atom. The number of methoxy groups -OCH3 is 1. The molecule has 2 aliphatic rings. The number of benzene rings is 1. The van der Waals surface area contributed by atoms with Crippen LogP contribution in [0.2, 0.25) is 0 Å². The summed E-state index contributed by atoms with van der Waals surface area (Å²) in [5.41, 5.74) is 3.95. The van der Waals surface area contributed by atoms with Crippen LogP contribution in [0.15, 0.2) is 36.7 Å². The largest absolute Gasteiger partial charge is 0.497 e. The number of carbonyl (C=O) groups excluding carboxylic acids is 1. The van der Waals surface area contributed by atoms with E-state index in [1.54, 1.807) is 19.5 Å². The fraction of sp³-hybridized carbons (Fsp3) is 0.429. The molecule has 26 heavy (non-hydrogen) atoms. The van der Waals surface area contributed by atoms with Gasteiger partial charge in [0.2, 0.25) is 0 Å². The maximum absolute atomic E-state index is 12.8. The minimum atomic E-state index is -0.276. The van der Waals surface area contributed by atoms with E-state index in [9.17, 15) is 4.79 Å². The molecule has 0 bridgehead atoms. The lowest BCUT2D eigenvalue weighted by Gasteiger charge is -2.45. The topological polar surface area (TPSA) is 51.7 Å². The SMILES string of the molecule is COc1ccc2c(c1)CCOC21CCN(C(=O)c2cncc(C)c2)CC1. The maximum atomic E-state index is 12.8. The molecule has 5 heteroatoms. The monoisotopic (exact) mass is 352 g/mol. The summed E-state index contributed by atoms with van der Waals surface area (Å²) in [5, 5.41) is 0. The number of likely N-dealkylation sites (tertiary alicyclic amines) is 1. The van der Waals surface area contributed by atoms with Crippen molar-refractivity contribution in [1.82, 2.24) is 9.88 Å². The molecule has 1 aromatic carbocycles. The standard InChI is InChI=1S/C21H24N2O3/c1-15-11-17(14-22-13-15)20(24)23-8-6-21(7-9-23)19-4-3-18(25-2)12-16(19)5-10-26-21/h3-4,11-14H,5-10H2,1-2H3. The van der Waals surface area contributed by atoms with E-state index in [0.29, 0.717) is 18.7 Å². The van der Waals surface area contributed by atoms with E-state index in [-0.39, 0.29) is 11.5 Å². The summed E-state index contributed by atoms with van der Waals surface area (Å²) in [4.78, 5) is 18.8. The number of pyridine rings is 1. The van der Waals surface area contributed by atoms with Crippen molar-refractivity contribution in [2.75, 3.05) is 26.8 Å². The zero-order chi connectivity index (χ0) is 18.1. The van der Waals surface area contributed by atoms with Crippen molar-refractivity contribution in [3.63, 3.8) is 0 Å². The van der Waals surface area contributed by atoms with E-state index in [1.807, 2.05) is 24.0 Å². The van der Waals surface area contributed by atoms with Crippen LogP contribution < -0.4 is 4.74 Å². The van der Waals surface area contributed by atoms with E-state index in [1.165, 1.54) is 11.1 Å². The molecule has 1 saturated heterocycles. The molecule has 1 fully saturated rings. The van der Waals surface area contributed by atoms with Crippen molar-refractivity contribution in [1.29, 1.82) is 0 Å². The Labute approximate surface area is 153 Å². The van der Waals surface area contributed by atoms with Crippen LogP contribution in [0, 0.1) is 6.92 Å². The highest BCUT2D eigenvalue weighted by Crippen LogP contribution is 2.42. The van der Waals surface area contributed by atoms with Crippen LogP contribution in [0.3, 0.4) is 0 Å². The van der Waals surface area contributed by atoms with E-state index in [2.05, 4.69) is 17.1 Å². The second kappa shape index (κ2) is 6.72. The Kier molecular flexibility index (Phi) is 4.41. The number of hydrogen-bond acceptors (Lipinski definition) is 4. The van der Waals surface area contributed by atoms with Gasteiger partial charge in [-0.1, -0.05) is 6.07 Å². The van der Waals surface area contributed by atoms with Crippen molar-refractivity contribution in [3.8, 4) is 5.75 Å². The Morgan fingerprint density at radius 3 is 2.77 bits per heavy atom.